The largest absolute Gasteiger partial charge is 0.352 e. The summed E-state index contributed by atoms with van der Waals surface area (Å²) in [5.41, 5.74) is 0.116. The van der Waals surface area contributed by atoms with E-state index in [4.69, 9.17) is 0 Å². The normalized spacial score (nSPS) is 14.2. The smallest absolute Gasteiger partial charge is 0.264 e. The summed E-state index contributed by atoms with van der Waals surface area (Å²) in [7, 11) is -3.98. The first-order chi connectivity index (χ1) is 11.5. The summed E-state index contributed by atoms with van der Waals surface area (Å²) in [6.45, 7) is -0.392. The number of benzene rings is 2. The van der Waals surface area contributed by atoms with Crippen LogP contribution in [-0.2, 0) is 14.8 Å². The summed E-state index contributed by atoms with van der Waals surface area (Å²) >= 11 is 0. The first kappa shape index (κ1) is 16.4. The van der Waals surface area contributed by atoms with E-state index in [0.717, 1.165) is 23.2 Å². The van der Waals surface area contributed by atoms with Crippen molar-refractivity contribution in [1.82, 2.24) is 5.32 Å². The molecule has 2 aromatic carbocycles. The van der Waals surface area contributed by atoms with Crippen molar-refractivity contribution in [2.75, 3.05) is 10.8 Å². The Morgan fingerprint density at radius 1 is 1.12 bits per heavy atom. The first-order valence-electron chi connectivity index (χ1n) is 7.59. The van der Waals surface area contributed by atoms with Crippen molar-refractivity contribution < 1.29 is 17.6 Å². The van der Waals surface area contributed by atoms with Crippen LogP contribution in [0, 0.1) is 5.82 Å². The van der Waals surface area contributed by atoms with Crippen molar-refractivity contribution in [1.29, 1.82) is 0 Å². The number of anilines is 1. The molecule has 1 N–H and O–H groups in total. The van der Waals surface area contributed by atoms with Crippen molar-refractivity contribution in [3.8, 4) is 0 Å². The van der Waals surface area contributed by atoms with Crippen molar-refractivity contribution in [3.63, 3.8) is 0 Å². The molecular weight excluding hydrogens is 331 g/mol. The van der Waals surface area contributed by atoms with Crippen LogP contribution in [0.25, 0.3) is 0 Å². The van der Waals surface area contributed by atoms with Crippen LogP contribution in [0.1, 0.15) is 12.8 Å². The predicted octanol–water partition coefficient (Wildman–Crippen LogP) is 2.30. The van der Waals surface area contributed by atoms with Gasteiger partial charge in [0.25, 0.3) is 10.0 Å². The van der Waals surface area contributed by atoms with Crippen molar-refractivity contribution in [2.45, 2.75) is 23.8 Å². The highest BCUT2D eigenvalue weighted by Gasteiger charge is 2.29. The van der Waals surface area contributed by atoms with Gasteiger partial charge in [0.05, 0.1) is 10.6 Å². The SMILES string of the molecule is O=C(CN(c1cccc(F)c1)S(=O)(=O)c1ccccc1)NC1CC1. The minimum absolute atomic E-state index is 0.0495. The van der Waals surface area contributed by atoms with Crippen LogP contribution in [0.5, 0.6) is 0 Å². The Morgan fingerprint density at radius 2 is 1.83 bits per heavy atom. The second kappa shape index (κ2) is 6.60. The zero-order valence-electron chi connectivity index (χ0n) is 12.9. The number of halogens is 1. The molecule has 2 aromatic rings. The number of amides is 1. The Hall–Kier alpha value is -2.41. The van der Waals surface area contributed by atoms with Gasteiger partial charge in [-0.25, -0.2) is 12.8 Å². The third-order valence-corrected chi connectivity index (χ3v) is 5.45. The van der Waals surface area contributed by atoms with Gasteiger partial charge in [-0.05, 0) is 43.2 Å². The lowest BCUT2D eigenvalue weighted by atomic mass is 10.3. The van der Waals surface area contributed by atoms with Gasteiger partial charge in [0.15, 0.2) is 0 Å². The molecule has 1 amide bonds. The highest BCUT2D eigenvalue weighted by atomic mass is 32.2. The Balaban J connectivity index is 1.96. The topological polar surface area (TPSA) is 66.5 Å². The second-order valence-corrected chi connectivity index (χ2v) is 7.51. The molecule has 0 spiro atoms. The molecule has 0 atom stereocenters. The number of hydrogen-bond acceptors (Lipinski definition) is 3. The van der Waals surface area contributed by atoms with Crippen molar-refractivity contribution in [2.24, 2.45) is 0 Å². The molecule has 1 fully saturated rings. The van der Waals surface area contributed by atoms with Crippen LogP contribution >= 0.6 is 0 Å². The van der Waals surface area contributed by atoms with E-state index < -0.39 is 28.3 Å². The summed E-state index contributed by atoms with van der Waals surface area (Å²) in [5.74, 6) is -0.968. The molecular formula is C17H17FN2O3S. The molecule has 0 saturated heterocycles. The minimum atomic E-state index is -3.98. The van der Waals surface area contributed by atoms with E-state index in [1.165, 1.54) is 30.3 Å². The maximum Gasteiger partial charge on any atom is 0.264 e. The molecule has 1 aliphatic rings. The van der Waals surface area contributed by atoms with E-state index in [2.05, 4.69) is 5.32 Å². The van der Waals surface area contributed by atoms with Gasteiger partial charge in [-0.3, -0.25) is 9.10 Å². The van der Waals surface area contributed by atoms with Crippen LogP contribution in [0.15, 0.2) is 59.5 Å². The predicted molar refractivity (Wildman–Crippen MR) is 88.5 cm³/mol. The number of hydrogen-bond donors (Lipinski definition) is 1. The average molecular weight is 348 g/mol. The molecule has 0 aliphatic heterocycles. The molecule has 7 heteroatoms. The number of sulfonamides is 1. The van der Waals surface area contributed by atoms with Gasteiger partial charge in [0, 0.05) is 6.04 Å². The fourth-order valence-corrected chi connectivity index (χ4v) is 3.73. The summed E-state index contributed by atoms with van der Waals surface area (Å²) in [6.07, 6.45) is 1.80. The monoisotopic (exact) mass is 348 g/mol. The molecule has 1 saturated carbocycles. The fourth-order valence-electron chi connectivity index (χ4n) is 2.30. The average Bonchev–Trinajstić information content (AvgIpc) is 3.37. The maximum absolute atomic E-state index is 13.6. The van der Waals surface area contributed by atoms with Gasteiger partial charge in [-0.15, -0.1) is 0 Å². The lowest BCUT2D eigenvalue weighted by molar-refractivity contribution is -0.119. The number of nitrogens with one attached hydrogen (secondary N) is 1. The molecule has 0 unspecified atom stereocenters. The summed E-state index contributed by atoms with van der Waals surface area (Å²) in [4.78, 5) is 12.2. The van der Waals surface area contributed by atoms with Crippen molar-refractivity contribution in [3.05, 3.63) is 60.4 Å². The zero-order valence-corrected chi connectivity index (χ0v) is 13.7. The summed E-state index contributed by atoms with van der Waals surface area (Å²) in [5, 5.41) is 2.75. The second-order valence-electron chi connectivity index (χ2n) is 5.65. The molecule has 0 radical (unpaired) electrons. The maximum atomic E-state index is 13.6. The fraction of sp³-hybridized carbons (Fsp3) is 0.235. The van der Waals surface area contributed by atoms with Crippen LogP contribution in [-0.4, -0.2) is 26.9 Å². The number of nitrogens with zero attached hydrogens (tertiary/aromatic N) is 1. The minimum Gasteiger partial charge on any atom is -0.352 e. The van der Waals surface area contributed by atoms with E-state index >= 15 is 0 Å². The molecule has 24 heavy (non-hydrogen) atoms. The van der Waals surface area contributed by atoms with Gasteiger partial charge >= 0.3 is 0 Å². The Kier molecular flexibility index (Phi) is 4.53. The van der Waals surface area contributed by atoms with E-state index in [1.807, 2.05) is 0 Å². The Bertz CT molecular complexity index is 836. The quantitative estimate of drug-likeness (QED) is 0.871. The van der Waals surface area contributed by atoms with E-state index in [0.29, 0.717) is 0 Å². The number of carbonyl (C=O) groups is 1. The van der Waals surface area contributed by atoms with Crippen LogP contribution in [0.2, 0.25) is 0 Å². The van der Waals surface area contributed by atoms with Gasteiger partial charge in [0.2, 0.25) is 5.91 Å². The third kappa shape index (κ3) is 3.73. The molecule has 126 valence electrons. The van der Waals surface area contributed by atoms with Crippen LogP contribution in [0.3, 0.4) is 0 Å². The highest BCUT2D eigenvalue weighted by Crippen LogP contribution is 2.24. The van der Waals surface area contributed by atoms with Crippen LogP contribution < -0.4 is 9.62 Å². The Morgan fingerprint density at radius 3 is 2.46 bits per heavy atom. The summed E-state index contributed by atoms with van der Waals surface area (Å²) in [6, 6.07) is 13.1. The lowest BCUT2D eigenvalue weighted by Gasteiger charge is -2.24. The molecule has 0 aromatic heterocycles. The lowest BCUT2D eigenvalue weighted by Crippen LogP contribution is -2.41. The standard InChI is InChI=1S/C17H17FN2O3S/c18-13-5-4-6-15(11-13)20(12-17(21)19-14-9-10-14)24(22,23)16-7-2-1-3-8-16/h1-8,11,14H,9-10,12H2,(H,19,21). The van der Waals surface area contributed by atoms with E-state index in [1.54, 1.807) is 18.2 Å². The molecule has 3 rings (SSSR count). The Labute approximate surface area is 140 Å². The number of rotatable bonds is 6. The zero-order chi connectivity index (χ0) is 17.2. The van der Waals surface area contributed by atoms with Gasteiger partial charge in [-0.1, -0.05) is 24.3 Å². The van der Waals surface area contributed by atoms with E-state index in [-0.39, 0.29) is 16.6 Å². The van der Waals surface area contributed by atoms with Gasteiger partial charge in [0.1, 0.15) is 12.4 Å². The third-order valence-electron chi connectivity index (χ3n) is 3.66. The number of carbonyl (C=O) groups excluding carboxylic acids is 1. The van der Waals surface area contributed by atoms with Crippen LogP contribution in [0.4, 0.5) is 10.1 Å². The molecule has 1 aliphatic carbocycles. The summed E-state index contributed by atoms with van der Waals surface area (Å²) < 4.78 is 40.3. The molecule has 0 heterocycles. The van der Waals surface area contributed by atoms with Crippen molar-refractivity contribution >= 4 is 21.6 Å². The molecule has 5 nitrogen and oxygen atoms in total. The van der Waals surface area contributed by atoms with Gasteiger partial charge < -0.3 is 5.32 Å². The molecule has 0 bridgehead atoms. The highest BCUT2D eigenvalue weighted by molar-refractivity contribution is 7.92. The van der Waals surface area contributed by atoms with E-state index in [9.17, 15) is 17.6 Å². The van der Waals surface area contributed by atoms with Gasteiger partial charge in [-0.2, -0.15) is 0 Å². The first-order valence-corrected chi connectivity index (χ1v) is 9.03.